The van der Waals surface area contributed by atoms with Crippen LogP contribution in [0.15, 0.2) is 12.3 Å². The fraction of sp³-hybridized carbons (Fsp3) is 0.667. The summed E-state index contributed by atoms with van der Waals surface area (Å²) in [4.78, 5) is 6.47. The first kappa shape index (κ1) is 15.2. The molecule has 0 aliphatic carbocycles. The van der Waals surface area contributed by atoms with Crippen molar-refractivity contribution in [1.29, 1.82) is 0 Å². The summed E-state index contributed by atoms with van der Waals surface area (Å²) in [5, 5.41) is 3.17. The van der Waals surface area contributed by atoms with Crippen molar-refractivity contribution in [3.63, 3.8) is 0 Å². The number of hydrogen-bond donors (Lipinski definition) is 1. The van der Waals surface area contributed by atoms with Crippen molar-refractivity contribution >= 4 is 0 Å². The maximum atomic E-state index is 13.2. The van der Waals surface area contributed by atoms with Gasteiger partial charge in [0.25, 0.3) is 0 Å². The summed E-state index contributed by atoms with van der Waals surface area (Å²) in [6.45, 7) is 7.28. The van der Waals surface area contributed by atoms with Gasteiger partial charge in [0.15, 0.2) is 0 Å². The number of piperidine rings is 1. The molecule has 1 N–H and O–H groups in total. The van der Waals surface area contributed by atoms with Gasteiger partial charge in [0.2, 0.25) is 5.88 Å². The standard InChI is InChI=1S/C15H24FN3O/c1-2-17-11-13-10-14(16)12-18-15(13)20-9-8-19-6-4-3-5-7-19/h10,12,17H,2-9,11H2,1H3. The minimum Gasteiger partial charge on any atom is -0.476 e. The summed E-state index contributed by atoms with van der Waals surface area (Å²) >= 11 is 0. The lowest BCUT2D eigenvalue weighted by Gasteiger charge is -2.26. The molecule has 20 heavy (non-hydrogen) atoms. The van der Waals surface area contributed by atoms with Crippen molar-refractivity contribution in [2.45, 2.75) is 32.7 Å². The molecule has 2 heterocycles. The number of nitrogens with one attached hydrogen (secondary N) is 1. The van der Waals surface area contributed by atoms with Crippen LogP contribution >= 0.6 is 0 Å². The van der Waals surface area contributed by atoms with Gasteiger partial charge in [0.05, 0.1) is 6.20 Å². The van der Waals surface area contributed by atoms with Gasteiger partial charge >= 0.3 is 0 Å². The van der Waals surface area contributed by atoms with Gasteiger partial charge in [-0.15, -0.1) is 0 Å². The Bertz CT molecular complexity index is 408. The van der Waals surface area contributed by atoms with Crippen molar-refractivity contribution in [3.05, 3.63) is 23.6 Å². The molecule has 0 amide bonds. The fourth-order valence-electron chi connectivity index (χ4n) is 2.44. The smallest absolute Gasteiger partial charge is 0.218 e. The highest BCUT2D eigenvalue weighted by atomic mass is 19.1. The van der Waals surface area contributed by atoms with Crippen molar-refractivity contribution in [2.24, 2.45) is 0 Å². The maximum absolute atomic E-state index is 13.2. The van der Waals surface area contributed by atoms with Gasteiger partial charge < -0.3 is 10.1 Å². The molecular weight excluding hydrogens is 257 g/mol. The van der Waals surface area contributed by atoms with E-state index >= 15 is 0 Å². The zero-order chi connectivity index (χ0) is 14.2. The van der Waals surface area contributed by atoms with Crippen molar-refractivity contribution in [1.82, 2.24) is 15.2 Å². The van der Waals surface area contributed by atoms with Gasteiger partial charge in [-0.1, -0.05) is 13.3 Å². The van der Waals surface area contributed by atoms with E-state index in [9.17, 15) is 4.39 Å². The van der Waals surface area contributed by atoms with Crippen molar-refractivity contribution < 1.29 is 9.13 Å². The number of aromatic nitrogens is 1. The number of likely N-dealkylation sites (tertiary alicyclic amines) is 1. The van der Waals surface area contributed by atoms with Gasteiger partial charge in [-0.25, -0.2) is 9.37 Å². The number of hydrogen-bond acceptors (Lipinski definition) is 4. The molecule has 1 saturated heterocycles. The molecule has 1 fully saturated rings. The van der Waals surface area contributed by atoms with Crippen LogP contribution in [-0.4, -0.2) is 42.7 Å². The van der Waals surface area contributed by atoms with Gasteiger partial charge in [0, 0.05) is 18.7 Å². The summed E-state index contributed by atoms with van der Waals surface area (Å²) < 4.78 is 19.0. The predicted molar refractivity (Wildman–Crippen MR) is 77.4 cm³/mol. The van der Waals surface area contributed by atoms with E-state index < -0.39 is 0 Å². The maximum Gasteiger partial charge on any atom is 0.218 e. The Hall–Kier alpha value is -1.20. The third-order valence-corrected chi connectivity index (χ3v) is 3.55. The van der Waals surface area contributed by atoms with Crippen LogP contribution in [0.5, 0.6) is 5.88 Å². The lowest BCUT2D eigenvalue weighted by Crippen LogP contribution is -2.33. The van der Waals surface area contributed by atoms with Crippen LogP contribution in [0.3, 0.4) is 0 Å². The van der Waals surface area contributed by atoms with Gasteiger partial charge in [-0.05, 0) is 38.5 Å². The second-order valence-electron chi connectivity index (χ2n) is 5.15. The van der Waals surface area contributed by atoms with E-state index in [1.54, 1.807) is 0 Å². The summed E-state index contributed by atoms with van der Waals surface area (Å²) in [5.74, 6) is 0.227. The highest BCUT2D eigenvalue weighted by Crippen LogP contribution is 2.16. The second-order valence-corrected chi connectivity index (χ2v) is 5.15. The van der Waals surface area contributed by atoms with Crippen LogP contribution in [-0.2, 0) is 6.54 Å². The number of ether oxygens (including phenoxy) is 1. The van der Waals surface area contributed by atoms with Gasteiger partial charge in [-0.2, -0.15) is 0 Å². The second kappa shape index (κ2) is 8.17. The third kappa shape index (κ3) is 4.72. The zero-order valence-corrected chi connectivity index (χ0v) is 12.2. The molecule has 1 aliphatic rings. The average Bonchev–Trinajstić information content (AvgIpc) is 2.48. The molecule has 2 rings (SSSR count). The lowest BCUT2D eigenvalue weighted by atomic mass is 10.1. The number of pyridine rings is 1. The Morgan fingerprint density at radius 1 is 1.35 bits per heavy atom. The summed E-state index contributed by atoms with van der Waals surface area (Å²) in [6.07, 6.45) is 5.11. The Kier molecular flexibility index (Phi) is 6.21. The number of rotatable bonds is 7. The van der Waals surface area contributed by atoms with E-state index in [1.165, 1.54) is 31.5 Å². The lowest BCUT2D eigenvalue weighted by molar-refractivity contribution is 0.179. The first-order valence-corrected chi connectivity index (χ1v) is 7.50. The third-order valence-electron chi connectivity index (χ3n) is 3.55. The Labute approximate surface area is 120 Å². The van der Waals surface area contributed by atoms with Crippen molar-refractivity contribution in [2.75, 3.05) is 32.8 Å². The minimum absolute atomic E-state index is 0.318. The molecule has 0 unspecified atom stereocenters. The van der Waals surface area contributed by atoms with E-state index in [0.29, 0.717) is 19.0 Å². The van der Waals surface area contributed by atoms with Gasteiger partial charge in [-0.3, -0.25) is 4.90 Å². The highest BCUT2D eigenvalue weighted by molar-refractivity contribution is 5.26. The molecule has 0 atom stereocenters. The normalized spacial score (nSPS) is 16.3. The van der Waals surface area contributed by atoms with Crippen LogP contribution in [0, 0.1) is 5.82 Å². The molecule has 5 heteroatoms. The zero-order valence-electron chi connectivity index (χ0n) is 12.2. The molecule has 0 bridgehead atoms. The number of halogens is 1. The Morgan fingerprint density at radius 3 is 2.90 bits per heavy atom. The van der Waals surface area contributed by atoms with Crippen LogP contribution in [0.25, 0.3) is 0 Å². The highest BCUT2D eigenvalue weighted by Gasteiger charge is 2.11. The summed E-state index contributed by atoms with van der Waals surface area (Å²) in [6, 6.07) is 1.49. The monoisotopic (exact) mass is 281 g/mol. The summed E-state index contributed by atoms with van der Waals surface area (Å²) in [5.41, 5.74) is 0.783. The molecule has 1 aromatic rings. The topological polar surface area (TPSA) is 37.4 Å². The predicted octanol–water partition coefficient (Wildman–Crippen LogP) is 2.19. The SMILES string of the molecule is CCNCc1cc(F)cnc1OCCN1CCCCC1. The molecule has 1 aromatic heterocycles. The van der Waals surface area contributed by atoms with Crippen LogP contribution < -0.4 is 10.1 Å². The molecule has 0 aromatic carbocycles. The molecular formula is C15H24FN3O. The molecule has 112 valence electrons. The average molecular weight is 281 g/mol. The first-order chi connectivity index (χ1) is 9.79. The number of nitrogens with zero attached hydrogens (tertiary/aromatic N) is 2. The van der Waals surface area contributed by atoms with Crippen LogP contribution in [0.2, 0.25) is 0 Å². The van der Waals surface area contributed by atoms with Gasteiger partial charge in [0.1, 0.15) is 12.4 Å². The summed E-state index contributed by atoms with van der Waals surface area (Å²) in [7, 11) is 0. The van der Waals surface area contributed by atoms with Crippen LogP contribution in [0.4, 0.5) is 4.39 Å². The van der Waals surface area contributed by atoms with Crippen molar-refractivity contribution in [3.8, 4) is 5.88 Å². The fourth-order valence-corrected chi connectivity index (χ4v) is 2.44. The Morgan fingerprint density at radius 2 is 2.15 bits per heavy atom. The molecule has 1 aliphatic heterocycles. The molecule has 4 nitrogen and oxygen atoms in total. The molecule has 0 saturated carbocycles. The Balaban J connectivity index is 1.84. The molecule has 0 radical (unpaired) electrons. The van der Waals surface area contributed by atoms with E-state index in [-0.39, 0.29) is 5.82 Å². The van der Waals surface area contributed by atoms with E-state index in [1.807, 2.05) is 6.92 Å². The molecule has 0 spiro atoms. The van der Waals surface area contributed by atoms with E-state index in [0.717, 1.165) is 31.7 Å². The quantitative estimate of drug-likeness (QED) is 0.831. The first-order valence-electron chi connectivity index (χ1n) is 7.50. The van der Waals surface area contributed by atoms with Crippen LogP contribution in [0.1, 0.15) is 31.7 Å². The van der Waals surface area contributed by atoms with E-state index in [4.69, 9.17) is 4.74 Å². The largest absolute Gasteiger partial charge is 0.476 e. The van der Waals surface area contributed by atoms with E-state index in [2.05, 4.69) is 15.2 Å². The minimum atomic E-state index is -0.318.